The van der Waals surface area contributed by atoms with Crippen LogP contribution in [0, 0.1) is 13.8 Å². The maximum Gasteiger partial charge on any atom is 0.340 e. The van der Waals surface area contributed by atoms with E-state index in [1.165, 1.54) is 7.11 Å². The number of esters is 1. The Labute approximate surface area is 163 Å². The van der Waals surface area contributed by atoms with Crippen molar-refractivity contribution in [2.45, 2.75) is 20.4 Å². The summed E-state index contributed by atoms with van der Waals surface area (Å²) in [7, 11) is 1.39. The molecule has 5 heteroatoms. The summed E-state index contributed by atoms with van der Waals surface area (Å²) in [5.41, 5.74) is 5.21. The van der Waals surface area contributed by atoms with Crippen LogP contribution >= 0.6 is 23.2 Å². The highest BCUT2D eigenvalue weighted by Gasteiger charge is 2.25. The van der Waals surface area contributed by atoms with Gasteiger partial charge in [-0.3, -0.25) is 0 Å². The lowest BCUT2D eigenvalue weighted by Crippen LogP contribution is -2.07. The maximum atomic E-state index is 12.5. The number of halogens is 2. The van der Waals surface area contributed by atoms with Gasteiger partial charge in [-0.15, -0.1) is 0 Å². The minimum absolute atomic E-state index is 0.363. The number of aromatic nitrogens is 1. The van der Waals surface area contributed by atoms with Crippen molar-refractivity contribution in [2.24, 2.45) is 0 Å². The molecule has 0 spiro atoms. The van der Waals surface area contributed by atoms with Gasteiger partial charge in [-0.1, -0.05) is 59.6 Å². The van der Waals surface area contributed by atoms with E-state index >= 15 is 0 Å². The number of methoxy groups -OCH3 is 1. The summed E-state index contributed by atoms with van der Waals surface area (Å²) in [5.74, 6) is -0.363. The number of benzene rings is 2. The van der Waals surface area contributed by atoms with Crippen LogP contribution in [0.1, 0.15) is 27.3 Å². The first-order valence-electron chi connectivity index (χ1n) is 8.21. The molecule has 0 N–H and O–H groups in total. The Balaban J connectivity index is 2.20. The van der Waals surface area contributed by atoms with E-state index in [2.05, 4.69) is 16.7 Å². The third kappa shape index (κ3) is 3.37. The van der Waals surface area contributed by atoms with E-state index in [9.17, 15) is 4.79 Å². The number of carbonyl (C=O) groups excluding carboxylic acids is 1. The molecule has 0 radical (unpaired) electrons. The molecule has 2 aromatic carbocycles. The Hall–Kier alpha value is -2.23. The molecule has 0 saturated carbocycles. The zero-order chi connectivity index (χ0) is 18.8. The quantitative estimate of drug-likeness (QED) is 0.520. The van der Waals surface area contributed by atoms with E-state index in [0.717, 1.165) is 28.1 Å². The summed E-state index contributed by atoms with van der Waals surface area (Å²) in [6, 6.07) is 15.5. The van der Waals surface area contributed by atoms with Gasteiger partial charge in [0.05, 0.1) is 22.7 Å². The minimum Gasteiger partial charge on any atom is -0.465 e. The third-order valence-corrected chi connectivity index (χ3v) is 5.30. The molecule has 0 atom stereocenters. The molecule has 0 bridgehead atoms. The fourth-order valence-electron chi connectivity index (χ4n) is 3.24. The predicted molar refractivity (Wildman–Crippen MR) is 106 cm³/mol. The van der Waals surface area contributed by atoms with Crippen molar-refractivity contribution < 1.29 is 9.53 Å². The summed E-state index contributed by atoms with van der Waals surface area (Å²) in [6.07, 6.45) is 0. The molecule has 3 nitrogen and oxygen atoms in total. The molecular formula is C21H19Cl2NO2. The standard InChI is InChI=1S/C21H19Cl2NO2/c1-13-19(16-9-10-17(22)18(23)11-16)20(21(25)26-3)14(2)24(13)12-15-7-5-4-6-8-15/h4-11H,12H2,1-3H3. The van der Waals surface area contributed by atoms with Gasteiger partial charge in [-0.25, -0.2) is 4.79 Å². The van der Waals surface area contributed by atoms with E-state index in [-0.39, 0.29) is 5.97 Å². The number of rotatable bonds is 4. The van der Waals surface area contributed by atoms with Gasteiger partial charge in [-0.05, 0) is 37.1 Å². The van der Waals surface area contributed by atoms with E-state index in [1.54, 1.807) is 12.1 Å². The van der Waals surface area contributed by atoms with Crippen molar-refractivity contribution in [3.05, 3.63) is 81.1 Å². The molecule has 26 heavy (non-hydrogen) atoms. The zero-order valence-electron chi connectivity index (χ0n) is 14.8. The SMILES string of the molecule is COC(=O)c1c(-c2ccc(Cl)c(Cl)c2)c(C)n(Cc2ccccc2)c1C. The number of hydrogen-bond acceptors (Lipinski definition) is 2. The van der Waals surface area contributed by atoms with Crippen LogP contribution in [0.3, 0.4) is 0 Å². The average molecular weight is 388 g/mol. The van der Waals surface area contributed by atoms with Crippen LogP contribution in [0.15, 0.2) is 48.5 Å². The first kappa shape index (κ1) is 18.6. The molecule has 3 rings (SSSR count). The van der Waals surface area contributed by atoms with Crippen LogP contribution < -0.4 is 0 Å². The second-order valence-electron chi connectivity index (χ2n) is 6.11. The number of carbonyl (C=O) groups is 1. The van der Waals surface area contributed by atoms with Crippen LogP contribution in [0.2, 0.25) is 10.0 Å². The lowest BCUT2D eigenvalue weighted by Gasteiger charge is -2.10. The molecule has 0 fully saturated rings. The number of hydrogen-bond donors (Lipinski definition) is 0. The molecule has 134 valence electrons. The first-order valence-corrected chi connectivity index (χ1v) is 8.97. The topological polar surface area (TPSA) is 31.2 Å². The Morgan fingerprint density at radius 3 is 2.31 bits per heavy atom. The minimum atomic E-state index is -0.363. The average Bonchev–Trinajstić information content (AvgIpc) is 2.89. The molecule has 3 aromatic rings. The summed E-state index contributed by atoms with van der Waals surface area (Å²) < 4.78 is 7.16. The Morgan fingerprint density at radius 2 is 1.69 bits per heavy atom. The van der Waals surface area contributed by atoms with Crippen LogP contribution in [0.4, 0.5) is 0 Å². The first-order chi connectivity index (χ1) is 12.4. The monoisotopic (exact) mass is 387 g/mol. The molecular weight excluding hydrogens is 369 g/mol. The Bertz CT molecular complexity index is 962. The van der Waals surface area contributed by atoms with Gasteiger partial charge in [0.2, 0.25) is 0 Å². The summed E-state index contributed by atoms with van der Waals surface area (Å²) >= 11 is 12.3. The molecule has 0 aliphatic carbocycles. The van der Waals surface area contributed by atoms with E-state index < -0.39 is 0 Å². The van der Waals surface area contributed by atoms with Crippen molar-refractivity contribution in [3.63, 3.8) is 0 Å². The largest absolute Gasteiger partial charge is 0.465 e. The van der Waals surface area contributed by atoms with Gasteiger partial charge >= 0.3 is 5.97 Å². The van der Waals surface area contributed by atoms with Crippen LogP contribution in [-0.4, -0.2) is 17.6 Å². The summed E-state index contributed by atoms with van der Waals surface area (Å²) in [4.78, 5) is 12.5. The van der Waals surface area contributed by atoms with E-state index in [1.807, 2.05) is 38.1 Å². The number of ether oxygens (including phenoxy) is 1. The van der Waals surface area contributed by atoms with Crippen LogP contribution in [-0.2, 0) is 11.3 Å². The predicted octanol–water partition coefficient (Wildman–Crippen LogP) is 5.91. The van der Waals surface area contributed by atoms with E-state index in [0.29, 0.717) is 22.2 Å². The van der Waals surface area contributed by atoms with Crippen molar-refractivity contribution >= 4 is 29.2 Å². The highest BCUT2D eigenvalue weighted by atomic mass is 35.5. The molecule has 0 amide bonds. The molecule has 0 saturated heterocycles. The van der Waals surface area contributed by atoms with Gasteiger partial charge < -0.3 is 9.30 Å². The van der Waals surface area contributed by atoms with Gasteiger partial charge in [0, 0.05) is 23.5 Å². The molecule has 1 heterocycles. The van der Waals surface area contributed by atoms with E-state index in [4.69, 9.17) is 27.9 Å². The van der Waals surface area contributed by atoms with Crippen molar-refractivity contribution in [3.8, 4) is 11.1 Å². The smallest absolute Gasteiger partial charge is 0.340 e. The van der Waals surface area contributed by atoms with Crippen LogP contribution in [0.5, 0.6) is 0 Å². The van der Waals surface area contributed by atoms with Gasteiger partial charge in [0.1, 0.15) is 0 Å². The second kappa shape index (κ2) is 7.56. The summed E-state index contributed by atoms with van der Waals surface area (Å²) in [6.45, 7) is 4.60. The second-order valence-corrected chi connectivity index (χ2v) is 6.93. The van der Waals surface area contributed by atoms with Crippen molar-refractivity contribution in [1.82, 2.24) is 4.57 Å². The molecule has 0 aliphatic rings. The highest BCUT2D eigenvalue weighted by molar-refractivity contribution is 6.42. The maximum absolute atomic E-state index is 12.5. The third-order valence-electron chi connectivity index (χ3n) is 4.56. The molecule has 1 aromatic heterocycles. The lowest BCUT2D eigenvalue weighted by atomic mass is 10.0. The zero-order valence-corrected chi connectivity index (χ0v) is 16.4. The van der Waals surface area contributed by atoms with Gasteiger partial charge in [0.25, 0.3) is 0 Å². The normalized spacial score (nSPS) is 10.8. The fourth-order valence-corrected chi connectivity index (χ4v) is 3.54. The van der Waals surface area contributed by atoms with Crippen LogP contribution in [0.25, 0.3) is 11.1 Å². The lowest BCUT2D eigenvalue weighted by molar-refractivity contribution is 0.0600. The van der Waals surface area contributed by atoms with Crippen molar-refractivity contribution in [2.75, 3.05) is 7.11 Å². The molecule has 0 unspecified atom stereocenters. The number of nitrogens with zero attached hydrogens (tertiary/aromatic N) is 1. The molecule has 0 aliphatic heterocycles. The highest BCUT2D eigenvalue weighted by Crippen LogP contribution is 2.36. The van der Waals surface area contributed by atoms with Gasteiger partial charge in [-0.2, -0.15) is 0 Å². The Kier molecular flexibility index (Phi) is 5.40. The fraction of sp³-hybridized carbons (Fsp3) is 0.190. The van der Waals surface area contributed by atoms with Gasteiger partial charge in [0.15, 0.2) is 0 Å². The Morgan fingerprint density at radius 1 is 1.00 bits per heavy atom. The summed E-state index contributed by atoms with van der Waals surface area (Å²) in [5, 5.41) is 0.931. The van der Waals surface area contributed by atoms with Crippen molar-refractivity contribution in [1.29, 1.82) is 0 Å².